The molecule has 1 atom stereocenters. The van der Waals surface area contributed by atoms with Crippen molar-refractivity contribution >= 4 is 6.09 Å². The second kappa shape index (κ2) is 6.79. The van der Waals surface area contributed by atoms with Crippen LogP contribution in [0.4, 0.5) is 18.0 Å². The molecule has 0 saturated heterocycles. The molecule has 7 heteroatoms. The van der Waals surface area contributed by atoms with Gasteiger partial charge in [0.05, 0.1) is 6.04 Å². The molecule has 0 fully saturated rings. The number of hydrogen-bond acceptors (Lipinski definition) is 2. The minimum Gasteiger partial charge on any atom is -0.465 e. The van der Waals surface area contributed by atoms with Gasteiger partial charge in [-0.3, -0.25) is 0 Å². The van der Waals surface area contributed by atoms with Crippen LogP contribution in [0.1, 0.15) is 36.6 Å². The summed E-state index contributed by atoms with van der Waals surface area (Å²) in [4.78, 5) is 11.1. The smallest absolute Gasteiger partial charge is 0.405 e. The molecule has 2 aromatic rings. The van der Waals surface area contributed by atoms with E-state index in [4.69, 9.17) is 5.11 Å². The lowest BCUT2D eigenvalue weighted by molar-refractivity contribution is -0.0502. The number of halogens is 3. The van der Waals surface area contributed by atoms with Crippen molar-refractivity contribution in [2.45, 2.75) is 39.8 Å². The lowest BCUT2D eigenvalue weighted by Gasteiger charge is -2.27. The molecule has 0 spiro atoms. The number of hydrogen-bond donors (Lipinski definition) is 2. The lowest BCUT2D eigenvalue weighted by atomic mass is 9.85. The summed E-state index contributed by atoms with van der Waals surface area (Å²) in [7, 11) is 0. The summed E-state index contributed by atoms with van der Waals surface area (Å²) in [5.74, 6) is -0.451. The molecule has 3 rings (SSSR count). The van der Waals surface area contributed by atoms with Crippen LogP contribution in [0.3, 0.4) is 0 Å². The second-order valence-corrected chi connectivity index (χ2v) is 7.44. The predicted octanol–water partition coefficient (Wildman–Crippen LogP) is 5.29. The highest BCUT2D eigenvalue weighted by Gasteiger charge is 2.40. The molecule has 0 saturated carbocycles. The van der Waals surface area contributed by atoms with Crippen molar-refractivity contribution in [1.82, 2.24) is 5.32 Å². The molecule has 4 nitrogen and oxygen atoms in total. The zero-order valence-electron chi connectivity index (χ0n) is 15.1. The van der Waals surface area contributed by atoms with Gasteiger partial charge in [-0.15, -0.1) is 0 Å². The van der Waals surface area contributed by atoms with E-state index in [2.05, 4.69) is 10.1 Å². The van der Waals surface area contributed by atoms with E-state index >= 15 is 0 Å². The van der Waals surface area contributed by atoms with Crippen molar-refractivity contribution in [3.8, 4) is 16.9 Å². The number of ether oxygens (including phenoxy) is 1. The zero-order chi connectivity index (χ0) is 19.9. The number of rotatable bonds is 4. The highest BCUT2D eigenvalue weighted by atomic mass is 19.3. The fraction of sp³-hybridized carbons (Fsp3) is 0.350. The minimum absolute atomic E-state index is 0.0437. The molecule has 0 aliphatic heterocycles. The normalized spacial score (nSPS) is 17.7. The summed E-state index contributed by atoms with van der Waals surface area (Å²) in [6, 6.07) is 7.08. The predicted molar refractivity (Wildman–Crippen MR) is 94.6 cm³/mol. The number of benzene rings is 2. The van der Waals surface area contributed by atoms with E-state index in [0.717, 1.165) is 5.56 Å². The van der Waals surface area contributed by atoms with Crippen LogP contribution in [0, 0.1) is 18.2 Å². The molecule has 0 bridgehead atoms. The fourth-order valence-electron chi connectivity index (χ4n) is 3.73. The van der Waals surface area contributed by atoms with Gasteiger partial charge in [-0.1, -0.05) is 19.9 Å². The van der Waals surface area contributed by atoms with Crippen molar-refractivity contribution in [2.24, 2.45) is 5.41 Å². The number of carbonyl (C=O) groups is 1. The van der Waals surface area contributed by atoms with E-state index in [1.165, 1.54) is 18.2 Å². The third-order valence-electron chi connectivity index (χ3n) is 4.94. The highest BCUT2D eigenvalue weighted by molar-refractivity contribution is 5.70. The Kier molecular flexibility index (Phi) is 4.80. The van der Waals surface area contributed by atoms with Crippen LogP contribution < -0.4 is 10.1 Å². The van der Waals surface area contributed by atoms with Gasteiger partial charge in [-0.25, -0.2) is 9.18 Å². The number of fused-ring (bicyclic) bond motifs is 1. The highest BCUT2D eigenvalue weighted by Crippen LogP contribution is 2.47. The molecule has 0 unspecified atom stereocenters. The summed E-state index contributed by atoms with van der Waals surface area (Å²) in [5.41, 5.74) is 2.45. The van der Waals surface area contributed by atoms with Crippen LogP contribution in [-0.2, 0) is 6.42 Å². The fourth-order valence-corrected chi connectivity index (χ4v) is 3.73. The molecule has 27 heavy (non-hydrogen) atoms. The first kappa shape index (κ1) is 19.1. The molecule has 1 amide bonds. The van der Waals surface area contributed by atoms with Gasteiger partial charge in [-0.05, 0) is 65.3 Å². The number of alkyl halides is 2. The maximum absolute atomic E-state index is 14.8. The number of carboxylic acid groups (broad SMARTS) is 1. The summed E-state index contributed by atoms with van der Waals surface area (Å²) in [5, 5.41) is 11.6. The van der Waals surface area contributed by atoms with E-state index in [9.17, 15) is 18.0 Å². The molecule has 1 aliphatic rings. The van der Waals surface area contributed by atoms with Crippen molar-refractivity contribution in [2.75, 3.05) is 0 Å². The van der Waals surface area contributed by atoms with E-state index in [-0.39, 0.29) is 5.75 Å². The molecular formula is C20H20F3NO3. The Hall–Kier alpha value is -2.70. The second-order valence-electron chi connectivity index (χ2n) is 7.44. The topological polar surface area (TPSA) is 58.6 Å². The van der Waals surface area contributed by atoms with Crippen molar-refractivity contribution in [3.63, 3.8) is 0 Å². The first-order chi connectivity index (χ1) is 12.6. The van der Waals surface area contributed by atoms with Crippen LogP contribution in [0.25, 0.3) is 11.1 Å². The Morgan fingerprint density at radius 1 is 1.30 bits per heavy atom. The summed E-state index contributed by atoms with van der Waals surface area (Å²) >= 11 is 0. The van der Waals surface area contributed by atoms with Gasteiger partial charge >= 0.3 is 12.7 Å². The van der Waals surface area contributed by atoms with Crippen LogP contribution in [0.15, 0.2) is 30.3 Å². The summed E-state index contributed by atoms with van der Waals surface area (Å²) in [6.07, 6.45) is -0.567. The third-order valence-corrected chi connectivity index (χ3v) is 4.94. The zero-order valence-corrected chi connectivity index (χ0v) is 15.1. The summed E-state index contributed by atoms with van der Waals surface area (Å²) < 4.78 is 44.1. The number of aryl methyl sites for hydroxylation is 1. The maximum Gasteiger partial charge on any atom is 0.405 e. The molecule has 0 radical (unpaired) electrons. The lowest BCUT2D eigenvalue weighted by Crippen LogP contribution is -2.34. The van der Waals surface area contributed by atoms with E-state index < -0.39 is 30.0 Å². The first-order valence-electron chi connectivity index (χ1n) is 8.46. The van der Waals surface area contributed by atoms with E-state index in [0.29, 0.717) is 28.7 Å². The largest absolute Gasteiger partial charge is 0.465 e. The minimum atomic E-state index is -2.92. The quantitative estimate of drug-likeness (QED) is 0.759. The van der Waals surface area contributed by atoms with Gasteiger partial charge in [0, 0.05) is 5.56 Å². The number of amides is 1. The Balaban J connectivity index is 2.01. The SMILES string of the molecule is Cc1cc(-c2cc3c(cc2F)[C@H](NC(=O)O)C(C)(C)C3)ccc1OC(F)F. The average Bonchev–Trinajstić information content (AvgIpc) is 2.78. The van der Waals surface area contributed by atoms with Gasteiger partial charge in [0.25, 0.3) is 0 Å². The van der Waals surface area contributed by atoms with Crippen molar-refractivity contribution < 1.29 is 27.8 Å². The van der Waals surface area contributed by atoms with Gasteiger partial charge < -0.3 is 15.2 Å². The first-order valence-corrected chi connectivity index (χ1v) is 8.46. The monoisotopic (exact) mass is 379 g/mol. The molecule has 0 heterocycles. The molecule has 1 aliphatic carbocycles. The van der Waals surface area contributed by atoms with Gasteiger partial charge in [-0.2, -0.15) is 8.78 Å². The average molecular weight is 379 g/mol. The van der Waals surface area contributed by atoms with Crippen LogP contribution >= 0.6 is 0 Å². The molecule has 0 aromatic heterocycles. The Bertz CT molecular complexity index is 896. The number of nitrogens with one attached hydrogen (secondary N) is 1. The van der Waals surface area contributed by atoms with E-state index in [1.54, 1.807) is 19.1 Å². The van der Waals surface area contributed by atoms with Gasteiger partial charge in [0.15, 0.2) is 0 Å². The molecular weight excluding hydrogens is 359 g/mol. The maximum atomic E-state index is 14.8. The van der Waals surface area contributed by atoms with Crippen molar-refractivity contribution in [3.05, 3.63) is 52.8 Å². The Morgan fingerprint density at radius 3 is 2.59 bits per heavy atom. The van der Waals surface area contributed by atoms with Crippen molar-refractivity contribution in [1.29, 1.82) is 0 Å². The van der Waals surface area contributed by atoms with Gasteiger partial charge in [0.2, 0.25) is 0 Å². The molecule has 144 valence electrons. The van der Waals surface area contributed by atoms with E-state index in [1.807, 2.05) is 13.8 Å². The molecule has 2 aromatic carbocycles. The Morgan fingerprint density at radius 2 is 2.00 bits per heavy atom. The Labute approximate surface area is 155 Å². The summed E-state index contributed by atoms with van der Waals surface area (Å²) in [6.45, 7) is 2.53. The van der Waals surface area contributed by atoms with Crippen LogP contribution in [0.5, 0.6) is 5.75 Å². The van der Waals surface area contributed by atoms with Crippen LogP contribution in [-0.4, -0.2) is 17.8 Å². The van der Waals surface area contributed by atoms with Crippen LogP contribution in [0.2, 0.25) is 0 Å². The standard InChI is InChI=1S/C20H20F3NO3/c1-10-6-11(4-5-16(10)27-18(22)23)13-7-12-9-20(2,3)17(24-19(25)26)14(12)8-15(13)21/h4-8,17-18,24H,9H2,1-3H3,(H,25,26)/t17-/m0/s1. The third kappa shape index (κ3) is 3.72. The van der Waals surface area contributed by atoms with Gasteiger partial charge in [0.1, 0.15) is 11.6 Å². The molecule has 2 N–H and O–H groups in total.